The summed E-state index contributed by atoms with van der Waals surface area (Å²) in [6, 6.07) is 11.7. The molecule has 164 valence electrons. The molecule has 1 atom stereocenters. The summed E-state index contributed by atoms with van der Waals surface area (Å²) in [5, 5.41) is 9.82. The van der Waals surface area contributed by atoms with Crippen LogP contribution >= 0.6 is 22.9 Å². The zero-order valence-corrected chi connectivity index (χ0v) is 19.0. The zero-order chi connectivity index (χ0) is 23.1. The summed E-state index contributed by atoms with van der Waals surface area (Å²) < 4.78 is 5.96. The molecular weight excluding hydrogens is 464 g/mol. The Morgan fingerprint density at radius 2 is 1.91 bits per heavy atom. The number of nitrogens with zero attached hydrogens (tertiary/aromatic N) is 4. The van der Waals surface area contributed by atoms with E-state index in [9.17, 15) is 14.4 Å². The lowest BCUT2D eigenvalue weighted by atomic mass is 9.84. The van der Waals surface area contributed by atoms with E-state index in [4.69, 9.17) is 16.0 Å². The molecular formula is C23H15ClN4O4S. The number of aromatic nitrogens is 2. The van der Waals surface area contributed by atoms with Crippen molar-refractivity contribution in [3.05, 3.63) is 79.6 Å². The van der Waals surface area contributed by atoms with Crippen LogP contribution in [0.1, 0.15) is 33.6 Å². The van der Waals surface area contributed by atoms with E-state index in [0.717, 1.165) is 0 Å². The molecule has 0 saturated carbocycles. The van der Waals surface area contributed by atoms with Crippen LogP contribution in [0.3, 0.4) is 0 Å². The minimum absolute atomic E-state index is 0.0303. The topological polar surface area (TPSA) is 96.6 Å². The number of amides is 2. The quantitative estimate of drug-likeness (QED) is 0.435. The van der Waals surface area contributed by atoms with E-state index in [2.05, 4.69) is 10.2 Å². The minimum atomic E-state index is -1.75. The molecule has 1 spiro atoms. The Balaban J connectivity index is 1.79. The van der Waals surface area contributed by atoms with Gasteiger partial charge >= 0.3 is 0 Å². The lowest BCUT2D eigenvalue weighted by molar-refractivity contribution is -0.121. The van der Waals surface area contributed by atoms with Crippen molar-refractivity contribution in [3.63, 3.8) is 0 Å². The molecule has 0 radical (unpaired) electrons. The van der Waals surface area contributed by atoms with Crippen LogP contribution in [0.2, 0.25) is 5.02 Å². The van der Waals surface area contributed by atoms with Gasteiger partial charge in [-0.1, -0.05) is 48.1 Å². The monoisotopic (exact) mass is 478 g/mol. The molecule has 0 N–H and O–H groups in total. The predicted octanol–water partition coefficient (Wildman–Crippen LogP) is 3.74. The molecule has 2 aliphatic heterocycles. The lowest BCUT2D eigenvalue weighted by Crippen LogP contribution is -2.53. The summed E-state index contributed by atoms with van der Waals surface area (Å²) in [6.45, 7) is 1.92. The predicted molar refractivity (Wildman–Crippen MR) is 124 cm³/mol. The number of carbonyl (C=O) groups is 2. The summed E-state index contributed by atoms with van der Waals surface area (Å²) in [7, 11) is 1.62. The van der Waals surface area contributed by atoms with Crippen LogP contribution < -0.4 is 15.2 Å². The van der Waals surface area contributed by atoms with Crippen LogP contribution in [-0.4, -0.2) is 29.1 Å². The van der Waals surface area contributed by atoms with Crippen molar-refractivity contribution in [2.75, 3.05) is 16.8 Å². The second kappa shape index (κ2) is 6.72. The van der Waals surface area contributed by atoms with Crippen LogP contribution in [0.5, 0.6) is 0 Å². The lowest BCUT2D eigenvalue weighted by Gasteiger charge is -2.31. The number of para-hydroxylation sites is 1. The Hall–Kier alpha value is -3.56. The Morgan fingerprint density at radius 1 is 1.12 bits per heavy atom. The third kappa shape index (κ3) is 2.38. The molecule has 1 unspecified atom stereocenters. The maximum Gasteiger partial charge on any atom is 0.297 e. The zero-order valence-electron chi connectivity index (χ0n) is 17.5. The SMILES string of the molecule is CCc1nnc(N2C(=O)c3oc4ccc(Cl)cc4c(=O)c3C23C(=O)N(C)c2ccccc23)s1. The van der Waals surface area contributed by atoms with Gasteiger partial charge in [0.15, 0.2) is 11.0 Å². The highest BCUT2D eigenvalue weighted by atomic mass is 35.5. The van der Waals surface area contributed by atoms with Crippen LogP contribution in [-0.2, 0) is 16.8 Å². The maximum absolute atomic E-state index is 14.0. The van der Waals surface area contributed by atoms with Crippen molar-refractivity contribution in [3.8, 4) is 0 Å². The van der Waals surface area contributed by atoms with Crippen molar-refractivity contribution in [1.29, 1.82) is 0 Å². The van der Waals surface area contributed by atoms with Crippen LogP contribution in [0.25, 0.3) is 11.0 Å². The van der Waals surface area contributed by atoms with Gasteiger partial charge in [0.25, 0.3) is 11.8 Å². The fourth-order valence-corrected chi connectivity index (χ4v) is 5.72. The van der Waals surface area contributed by atoms with E-state index in [0.29, 0.717) is 27.7 Å². The van der Waals surface area contributed by atoms with E-state index >= 15 is 0 Å². The molecule has 4 heterocycles. The molecule has 2 aliphatic rings. The Morgan fingerprint density at radius 3 is 2.67 bits per heavy atom. The van der Waals surface area contributed by atoms with E-state index in [-0.39, 0.29) is 27.4 Å². The van der Waals surface area contributed by atoms with Crippen LogP contribution in [0.15, 0.2) is 51.7 Å². The molecule has 4 aromatic rings. The number of hydrogen-bond acceptors (Lipinski definition) is 7. The molecule has 2 aromatic carbocycles. The van der Waals surface area contributed by atoms with E-state index in [1.54, 1.807) is 43.4 Å². The number of carbonyl (C=O) groups excluding carboxylic acids is 2. The number of fused-ring (bicyclic) bond motifs is 5. The van der Waals surface area contributed by atoms with Gasteiger partial charge in [-0.25, -0.2) is 0 Å². The van der Waals surface area contributed by atoms with Gasteiger partial charge in [-0.3, -0.25) is 19.3 Å². The molecule has 33 heavy (non-hydrogen) atoms. The van der Waals surface area contributed by atoms with Crippen molar-refractivity contribution in [1.82, 2.24) is 10.2 Å². The molecule has 0 aliphatic carbocycles. The average molecular weight is 479 g/mol. The number of likely N-dealkylation sites (N-methyl/N-ethyl adjacent to an activating group) is 1. The Kier molecular flexibility index (Phi) is 4.09. The van der Waals surface area contributed by atoms with Crippen molar-refractivity contribution < 1.29 is 14.0 Å². The highest BCUT2D eigenvalue weighted by Crippen LogP contribution is 2.53. The number of hydrogen-bond donors (Lipinski definition) is 0. The highest BCUT2D eigenvalue weighted by molar-refractivity contribution is 7.15. The normalized spacial score (nSPS) is 19.1. The summed E-state index contributed by atoms with van der Waals surface area (Å²) in [5.74, 6) is -1.24. The second-order valence-corrected chi connectivity index (χ2v) is 9.32. The third-order valence-corrected chi connectivity index (χ3v) is 7.45. The molecule has 8 nitrogen and oxygen atoms in total. The fraction of sp³-hybridized carbons (Fsp3) is 0.174. The van der Waals surface area contributed by atoms with Crippen LogP contribution in [0.4, 0.5) is 10.8 Å². The number of halogens is 1. The third-order valence-electron chi connectivity index (χ3n) is 6.17. The summed E-state index contributed by atoms with van der Waals surface area (Å²) in [4.78, 5) is 44.4. The Bertz CT molecular complexity index is 1580. The van der Waals surface area contributed by atoms with Gasteiger partial charge in [0.1, 0.15) is 10.6 Å². The molecule has 6 rings (SSSR count). The van der Waals surface area contributed by atoms with Crippen LogP contribution in [0, 0.1) is 0 Å². The molecule has 0 bridgehead atoms. The fourth-order valence-electron chi connectivity index (χ4n) is 4.72. The van der Waals surface area contributed by atoms with Gasteiger partial charge in [-0.15, -0.1) is 10.2 Å². The molecule has 2 aromatic heterocycles. The Labute approximate surface area is 196 Å². The first kappa shape index (κ1) is 20.1. The average Bonchev–Trinajstić information content (AvgIpc) is 3.45. The van der Waals surface area contributed by atoms with Crippen molar-refractivity contribution >= 4 is 56.5 Å². The van der Waals surface area contributed by atoms with Gasteiger partial charge in [0, 0.05) is 23.3 Å². The van der Waals surface area contributed by atoms with Gasteiger partial charge in [0.2, 0.25) is 10.9 Å². The number of aryl methyl sites for hydroxylation is 1. The molecule has 2 amide bonds. The summed E-state index contributed by atoms with van der Waals surface area (Å²) >= 11 is 7.35. The van der Waals surface area contributed by atoms with Gasteiger partial charge in [-0.05, 0) is 30.7 Å². The second-order valence-electron chi connectivity index (χ2n) is 7.84. The van der Waals surface area contributed by atoms with Gasteiger partial charge in [0.05, 0.1) is 10.9 Å². The smallest absolute Gasteiger partial charge is 0.297 e. The van der Waals surface area contributed by atoms with Crippen molar-refractivity contribution in [2.45, 2.75) is 18.9 Å². The van der Waals surface area contributed by atoms with E-state index in [1.165, 1.54) is 27.2 Å². The number of anilines is 2. The summed E-state index contributed by atoms with van der Waals surface area (Å²) in [6.07, 6.45) is 0.615. The largest absolute Gasteiger partial charge is 0.450 e. The minimum Gasteiger partial charge on any atom is -0.450 e. The first-order valence-corrected chi connectivity index (χ1v) is 11.4. The van der Waals surface area contributed by atoms with E-state index in [1.807, 2.05) is 6.92 Å². The number of rotatable bonds is 2. The molecule has 10 heteroatoms. The van der Waals surface area contributed by atoms with Gasteiger partial charge in [-0.2, -0.15) is 0 Å². The van der Waals surface area contributed by atoms with Gasteiger partial charge < -0.3 is 9.32 Å². The standard InChI is InChI=1S/C23H15ClN4O4S/c1-3-16-25-26-22(33-16)28-20(30)19-17(18(29)12-10-11(24)8-9-15(12)32-19)23(28)13-6-4-5-7-14(13)27(2)21(23)31/h4-10H,3H2,1-2H3. The first-order chi connectivity index (χ1) is 15.9. The van der Waals surface area contributed by atoms with Crippen molar-refractivity contribution in [2.24, 2.45) is 0 Å². The first-order valence-electron chi connectivity index (χ1n) is 10.2. The molecule has 0 fully saturated rings. The highest BCUT2D eigenvalue weighted by Gasteiger charge is 2.66. The molecule has 0 saturated heterocycles. The number of benzene rings is 2. The maximum atomic E-state index is 14.0. The van der Waals surface area contributed by atoms with E-state index < -0.39 is 22.8 Å². The summed E-state index contributed by atoms with van der Waals surface area (Å²) in [5.41, 5.74) is -0.947.